The second kappa shape index (κ2) is 3.78. The molecule has 0 unspecified atom stereocenters. The maximum absolute atomic E-state index is 4.20. The van der Waals surface area contributed by atoms with Crippen molar-refractivity contribution in [3.8, 4) is 0 Å². The third-order valence-electron chi connectivity index (χ3n) is 1.62. The number of hydrogen-bond donors (Lipinski definition) is 1. The molecule has 0 saturated heterocycles. The van der Waals surface area contributed by atoms with Gasteiger partial charge in [-0.15, -0.1) is 0 Å². The average molecular weight is 285 g/mol. The predicted octanol–water partition coefficient (Wildman–Crippen LogP) is 1.96. The quantitative estimate of drug-likeness (QED) is 0.799. The van der Waals surface area contributed by atoms with E-state index in [2.05, 4.69) is 33.0 Å². The van der Waals surface area contributed by atoms with Gasteiger partial charge in [0.05, 0.1) is 15.5 Å². The molecule has 66 valence electrons. The summed E-state index contributed by atoms with van der Waals surface area (Å²) in [6.45, 7) is 0. The van der Waals surface area contributed by atoms with Crippen LogP contribution in [0.25, 0.3) is 5.70 Å². The summed E-state index contributed by atoms with van der Waals surface area (Å²) in [5, 5.41) is 7.24. The van der Waals surface area contributed by atoms with E-state index in [1.54, 1.807) is 0 Å². The first-order valence-electron chi connectivity index (χ1n) is 3.86. The van der Waals surface area contributed by atoms with Crippen LogP contribution in [-0.2, 0) is 0 Å². The Morgan fingerprint density at radius 1 is 1.38 bits per heavy atom. The number of rotatable bonds is 1. The molecule has 0 fully saturated rings. The number of allylic oxidation sites excluding steroid dienone is 4. The molecule has 0 aromatic carbocycles. The summed E-state index contributed by atoms with van der Waals surface area (Å²) < 4.78 is 2.96. The predicted molar refractivity (Wildman–Crippen MR) is 60.6 cm³/mol. The molecule has 2 heterocycles. The maximum atomic E-state index is 4.20. The molecule has 4 heteroatoms. The molecule has 0 amide bonds. The van der Waals surface area contributed by atoms with Crippen LogP contribution in [0.3, 0.4) is 0 Å². The molecule has 1 N–H and O–H groups in total. The van der Waals surface area contributed by atoms with Crippen molar-refractivity contribution < 1.29 is 0 Å². The first-order valence-corrected chi connectivity index (χ1v) is 4.94. The molecule has 1 aromatic rings. The Morgan fingerprint density at radius 2 is 2.31 bits per heavy atom. The molecule has 2 rings (SSSR count). The third-order valence-corrected chi connectivity index (χ3v) is 2.17. The SMILES string of the molecule is Ic1cnn(C2=CNC=CC=C2)c1. The van der Waals surface area contributed by atoms with Crippen LogP contribution in [0.4, 0.5) is 0 Å². The maximum Gasteiger partial charge on any atom is 0.0805 e. The largest absolute Gasteiger partial charge is 0.366 e. The zero-order chi connectivity index (χ0) is 9.10. The van der Waals surface area contributed by atoms with Crippen molar-refractivity contribution in [2.24, 2.45) is 0 Å². The van der Waals surface area contributed by atoms with Gasteiger partial charge in [0.15, 0.2) is 0 Å². The summed E-state index contributed by atoms with van der Waals surface area (Å²) >= 11 is 2.24. The highest BCUT2D eigenvalue weighted by atomic mass is 127. The lowest BCUT2D eigenvalue weighted by Crippen LogP contribution is -1.99. The van der Waals surface area contributed by atoms with E-state index in [0.29, 0.717) is 0 Å². The number of nitrogens with zero attached hydrogens (tertiary/aromatic N) is 2. The lowest BCUT2D eigenvalue weighted by Gasteiger charge is -1.99. The zero-order valence-corrected chi connectivity index (χ0v) is 8.97. The van der Waals surface area contributed by atoms with Crippen molar-refractivity contribution in [2.75, 3.05) is 0 Å². The fourth-order valence-electron chi connectivity index (χ4n) is 1.03. The van der Waals surface area contributed by atoms with Gasteiger partial charge >= 0.3 is 0 Å². The van der Waals surface area contributed by atoms with Crippen molar-refractivity contribution >= 4 is 28.3 Å². The highest BCUT2D eigenvalue weighted by Gasteiger charge is 1.98. The first-order chi connectivity index (χ1) is 6.36. The Balaban J connectivity index is 2.31. The van der Waals surface area contributed by atoms with Crippen molar-refractivity contribution in [3.63, 3.8) is 0 Å². The van der Waals surface area contributed by atoms with Gasteiger partial charge in [-0.05, 0) is 34.7 Å². The molecule has 0 bridgehead atoms. The summed E-state index contributed by atoms with van der Waals surface area (Å²) in [6.07, 6.45) is 13.5. The molecule has 13 heavy (non-hydrogen) atoms. The van der Waals surface area contributed by atoms with Crippen LogP contribution in [0.15, 0.2) is 43.0 Å². The van der Waals surface area contributed by atoms with Crippen LogP contribution in [0.2, 0.25) is 0 Å². The highest BCUT2D eigenvalue weighted by molar-refractivity contribution is 14.1. The average Bonchev–Trinajstić information content (AvgIpc) is 2.43. The molecule has 0 atom stereocenters. The minimum atomic E-state index is 1.02. The van der Waals surface area contributed by atoms with Crippen molar-refractivity contribution in [2.45, 2.75) is 0 Å². The van der Waals surface area contributed by atoms with Gasteiger partial charge in [0.2, 0.25) is 0 Å². The minimum Gasteiger partial charge on any atom is -0.366 e. The molecular formula is C9H8IN3. The fourth-order valence-corrected chi connectivity index (χ4v) is 1.42. The Morgan fingerprint density at radius 3 is 3.08 bits per heavy atom. The third kappa shape index (κ3) is 2.00. The van der Waals surface area contributed by atoms with E-state index in [4.69, 9.17) is 0 Å². The van der Waals surface area contributed by atoms with Gasteiger partial charge in [0.1, 0.15) is 0 Å². The summed E-state index contributed by atoms with van der Waals surface area (Å²) in [5.41, 5.74) is 1.02. The van der Waals surface area contributed by atoms with E-state index in [1.165, 1.54) is 0 Å². The molecule has 1 aliphatic heterocycles. The van der Waals surface area contributed by atoms with Gasteiger partial charge in [-0.25, -0.2) is 4.68 Å². The van der Waals surface area contributed by atoms with Crippen molar-refractivity contribution in [1.82, 2.24) is 15.1 Å². The second-order valence-electron chi connectivity index (χ2n) is 2.56. The number of aromatic nitrogens is 2. The van der Waals surface area contributed by atoms with E-state index in [1.807, 2.05) is 47.7 Å². The summed E-state index contributed by atoms with van der Waals surface area (Å²) in [5.74, 6) is 0. The summed E-state index contributed by atoms with van der Waals surface area (Å²) in [7, 11) is 0. The van der Waals surface area contributed by atoms with Crippen LogP contribution in [0, 0.1) is 3.57 Å². The molecule has 3 nitrogen and oxygen atoms in total. The Hall–Kier alpha value is -1.04. The van der Waals surface area contributed by atoms with E-state index in [9.17, 15) is 0 Å². The molecule has 1 aromatic heterocycles. The van der Waals surface area contributed by atoms with Gasteiger partial charge < -0.3 is 5.32 Å². The Kier molecular flexibility index (Phi) is 2.49. The molecular weight excluding hydrogens is 277 g/mol. The molecule has 1 aliphatic rings. The Labute approximate surface area is 90.0 Å². The molecule has 0 spiro atoms. The number of nitrogens with one attached hydrogen (secondary N) is 1. The van der Waals surface area contributed by atoms with Crippen molar-refractivity contribution in [3.05, 3.63) is 46.6 Å². The smallest absolute Gasteiger partial charge is 0.0805 e. The standard InChI is InChI=1S/C9H8IN3/c10-8-5-12-13(7-8)9-3-1-2-4-11-6-9/h1-7,11H. The van der Waals surface area contributed by atoms with Crippen LogP contribution in [-0.4, -0.2) is 9.78 Å². The van der Waals surface area contributed by atoms with E-state index >= 15 is 0 Å². The topological polar surface area (TPSA) is 29.9 Å². The molecule has 0 saturated carbocycles. The summed E-state index contributed by atoms with van der Waals surface area (Å²) in [6, 6.07) is 0. The highest BCUT2D eigenvalue weighted by Crippen LogP contribution is 2.09. The normalized spacial score (nSPS) is 15.0. The minimum absolute atomic E-state index is 1.02. The molecule has 0 aliphatic carbocycles. The van der Waals surface area contributed by atoms with E-state index in [-0.39, 0.29) is 0 Å². The van der Waals surface area contributed by atoms with Gasteiger partial charge in [-0.3, -0.25) is 0 Å². The van der Waals surface area contributed by atoms with E-state index in [0.717, 1.165) is 9.27 Å². The number of halogens is 1. The van der Waals surface area contributed by atoms with Crippen LogP contribution >= 0.6 is 22.6 Å². The first kappa shape index (κ1) is 8.55. The number of hydrogen-bond acceptors (Lipinski definition) is 2. The van der Waals surface area contributed by atoms with Crippen LogP contribution in [0.5, 0.6) is 0 Å². The Bertz CT molecular complexity index is 387. The van der Waals surface area contributed by atoms with E-state index < -0.39 is 0 Å². The second-order valence-corrected chi connectivity index (χ2v) is 3.80. The lowest BCUT2D eigenvalue weighted by molar-refractivity contribution is 0.903. The fraction of sp³-hybridized carbons (Fsp3) is 0. The van der Waals surface area contributed by atoms with Crippen LogP contribution in [0.1, 0.15) is 0 Å². The summed E-state index contributed by atoms with van der Waals surface area (Å²) in [4.78, 5) is 0. The molecule has 0 radical (unpaired) electrons. The van der Waals surface area contributed by atoms with Gasteiger partial charge in [-0.2, -0.15) is 5.10 Å². The monoisotopic (exact) mass is 285 g/mol. The van der Waals surface area contributed by atoms with Crippen LogP contribution < -0.4 is 5.32 Å². The van der Waals surface area contributed by atoms with Gasteiger partial charge in [0.25, 0.3) is 0 Å². The van der Waals surface area contributed by atoms with Gasteiger partial charge in [-0.1, -0.05) is 6.08 Å². The zero-order valence-electron chi connectivity index (χ0n) is 6.81. The van der Waals surface area contributed by atoms with Gasteiger partial charge in [0, 0.05) is 18.6 Å². The lowest BCUT2D eigenvalue weighted by atomic mass is 10.4. The van der Waals surface area contributed by atoms with Crippen molar-refractivity contribution in [1.29, 1.82) is 0 Å².